The van der Waals surface area contributed by atoms with Crippen LogP contribution in [0.15, 0.2) is 28.8 Å². The number of aromatic nitrogens is 3. The molecule has 0 aliphatic carbocycles. The van der Waals surface area contributed by atoms with Gasteiger partial charge < -0.3 is 38.3 Å². The molecule has 1 fully saturated rings. The highest BCUT2D eigenvalue weighted by molar-refractivity contribution is 6.74. The summed E-state index contributed by atoms with van der Waals surface area (Å²) in [6, 6.07) is 7.78. The molecule has 3 heterocycles. The van der Waals surface area contributed by atoms with Crippen LogP contribution in [0, 0.1) is 20.8 Å². The maximum Gasteiger partial charge on any atom is 0.410 e. The van der Waals surface area contributed by atoms with Crippen molar-refractivity contribution < 1.29 is 32.7 Å². The summed E-state index contributed by atoms with van der Waals surface area (Å²) in [5.74, 6) is 2.51. The summed E-state index contributed by atoms with van der Waals surface area (Å²) in [7, 11) is 0.896. The third-order valence-corrected chi connectivity index (χ3v) is 14.2. The maximum atomic E-state index is 12.9. The van der Waals surface area contributed by atoms with Crippen molar-refractivity contribution in [3.05, 3.63) is 41.3 Å². The Kier molecular flexibility index (Phi) is 12.7. The number of carbonyl (C=O) groups is 2. The zero-order chi connectivity index (χ0) is 38.6. The molecule has 0 saturated carbocycles. The zero-order valence-corrected chi connectivity index (χ0v) is 34.3. The first-order valence-electron chi connectivity index (χ1n) is 18.0. The molecule has 1 aliphatic heterocycles. The van der Waals surface area contributed by atoms with Gasteiger partial charge in [-0.15, -0.1) is 0 Å². The van der Waals surface area contributed by atoms with Crippen LogP contribution < -0.4 is 10.1 Å². The average Bonchev–Trinajstić information content (AvgIpc) is 3.40. The number of likely N-dealkylation sites (tertiary alicyclic amines) is 1. The molecule has 52 heavy (non-hydrogen) atoms. The second kappa shape index (κ2) is 16.2. The molecule has 0 spiro atoms. The minimum absolute atomic E-state index is 0.0402. The number of amides is 2. The van der Waals surface area contributed by atoms with Crippen molar-refractivity contribution in [2.45, 2.75) is 111 Å². The molecular weight excluding hydrogens is 681 g/mol. The van der Waals surface area contributed by atoms with E-state index >= 15 is 0 Å². The number of nitrogens with one attached hydrogen (secondary N) is 1. The molecule has 13 nitrogen and oxygen atoms in total. The van der Waals surface area contributed by atoms with E-state index in [1.165, 1.54) is 7.11 Å². The predicted molar refractivity (Wildman–Crippen MR) is 204 cm³/mol. The molecule has 2 aromatic heterocycles. The Hall–Kier alpha value is -4.17. The lowest BCUT2D eigenvalue weighted by Crippen LogP contribution is -2.49. The molecule has 4 rings (SSSR count). The third kappa shape index (κ3) is 10.2. The zero-order valence-electron chi connectivity index (χ0n) is 33.3. The summed E-state index contributed by atoms with van der Waals surface area (Å²) in [5.41, 5.74) is 3.33. The van der Waals surface area contributed by atoms with Crippen molar-refractivity contribution in [1.82, 2.24) is 24.9 Å². The molecule has 286 valence electrons. The normalized spacial score (nSPS) is 14.9. The molecule has 1 aromatic carbocycles. The molecule has 1 N–H and O–H groups in total. The molecule has 1 saturated heterocycles. The van der Waals surface area contributed by atoms with Crippen LogP contribution in [-0.4, -0.2) is 104 Å². The number of aryl methyl sites for hydroxylation is 2. The van der Waals surface area contributed by atoms with E-state index in [9.17, 15) is 9.59 Å². The number of hydrogen-bond donors (Lipinski definition) is 1. The fraction of sp³-hybridized carbons (Fsp3) is 0.605. The smallest absolute Gasteiger partial charge is 0.410 e. The summed E-state index contributed by atoms with van der Waals surface area (Å²) < 4.78 is 29.3. The minimum atomic E-state index is -2.23. The van der Waals surface area contributed by atoms with Crippen LogP contribution in [0.1, 0.15) is 71.4 Å². The summed E-state index contributed by atoms with van der Waals surface area (Å²) in [6.45, 7) is 24.0. The third-order valence-electron chi connectivity index (χ3n) is 9.66. The first-order valence-corrected chi connectivity index (χ1v) is 20.9. The van der Waals surface area contributed by atoms with Gasteiger partial charge in [-0.25, -0.2) is 19.6 Å². The van der Waals surface area contributed by atoms with Crippen molar-refractivity contribution in [2.24, 2.45) is 0 Å². The Morgan fingerprint density at radius 2 is 1.75 bits per heavy atom. The number of likely N-dealkylation sites (N-methyl/N-ethyl adjacent to an activating group) is 1. The number of rotatable bonds is 11. The van der Waals surface area contributed by atoms with E-state index in [2.05, 4.69) is 44.3 Å². The number of carbonyl (C=O) groups excluding carboxylic acids is 2. The van der Waals surface area contributed by atoms with Crippen LogP contribution in [0.25, 0.3) is 22.6 Å². The fourth-order valence-electron chi connectivity index (χ4n) is 5.73. The van der Waals surface area contributed by atoms with E-state index in [1.54, 1.807) is 16.8 Å². The van der Waals surface area contributed by atoms with Crippen molar-refractivity contribution in [3.63, 3.8) is 0 Å². The number of benzene rings is 1. The van der Waals surface area contributed by atoms with E-state index in [-0.39, 0.29) is 23.8 Å². The molecule has 3 aromatic rings. The van der Waals surface area contributed by atoms with E-state index in [0.717, 1.165) is 40.9 Å². The van der Waals surface area contributed by atoms with Crippen LogP contribution in [0.2, 0.25) is 18.1 Å². The van der Waals surface area contributed by atoms with Crippen molar-refractivity contribution >= 4 is 26.3 Å². The maximum absolute atomic E-state index is 12.9. The molecule has 1 atom stereocenters. The largest absolute Gasteiger partial charge is 0.491 e. The highest BCUT2D eigenvalue weighted by Crippen LogP contribution is 2.38. The Morgan fingerprint density at radius 1 is 1.08 bits per heavy atom. The molecule has 1 unspecified atom stereocenters. The fourth-order valence-corrected chi connectivity index (χ4v) is 7.06. The predicted octanol–water partition coefficient (Wildman–Crippen LogP) is 8.00. The quantitative estimate of drug-likeness (QED) is 0.191. The van der Waals surface area contributed by atoms with Gasteiger partial charge in [0.05, 0.1) is 36.7 Å². The summed E-state index contributed by atoms with van der Waals surface area (Å²) in [6.07, 6.45) is 0.375. The summed E-state index contributed by atoms with van der Waals surface area (Å²) >= 11 is 0. The standard InChI is InChI=1S/C38H58N6O7Si/c1-24-32(31-25(2)42-50-26(31)3)40-34(41-33(24)39-28-17-19-44(20-18-28)36(46)47-11)27-15-14-16-29(21-27)48-23-30(51-52(12,13)38(7,8)9)22-43(10)35(45)49-37(4,5)6/h14-16,21,28,30H,17-20,22-23H2,1-13H3,(H,39,40,41). The van der Waals surface area contributed by atoms with Crippen molar-refractivity contribution in [1.29, 1.82) is 0 Å². The highest BCUT2D eigenvalue weighted by atomic mass is 28.4. The average molecular weight is 739 g/mol. The van der Waals surface area contributed by atoms with Gasteiger partial charge in [0.25, 0.3) is 0 Å². The van der Waals surface area contributed by atoms with Gasteiger partial charge in [0, 0.05) is 37.3 Å². The SMILES string of the molecule is COC(=O)N1CCC(Nc2nc(-c3cccc(OCC(CN(C)C(=O)OC(C)(C)C)O[Si](C)(C)C(C)(C)C)c3)nc(-c3c(C)noc3C)c2C)CC1. The number of piperidine rings is 1. The minimum Gasteiger partial charge on any atom is -0.491 e. The van der Waals surface area contributed by atoms with Gasteiger partial charge in [-0.05, 0) is 84.6 Å². The first kappa shape index (κ1) is 40.6. The van der Waals surface area contributed by atoms with Crippen molar-refractivity contribution in [3.8, 4) is 28.4 Å². The lowest BCUT2D eigenvalue weighted by atomic mass is 10.0. The van der Waals surface area contributed by atoms with Crippen LogP contribution in [0.5, 0.6) is 5.75 Å². The Labute approximate surface area is 309 Å². The van der Waals surface area contributed by atoms with Crippen LogP contribution in [0.3, 0.4) is 0 Å². The second-order valence-electron chi connectivity index (χ2n) is 16.1. The van der Waals surface area contributed by atoms with Crippen LogP contribution >= 0.6 is 0 Å². The first-order chi connectivity index (χ1) is 24.2. The van der Waals surface area contributed by atoms with E-state index in [0.29, 0.717) is 42.8 Å². The summed E-state index contributed by atoms with van der Waals surface area (Å²) in [5, 5.41) is 7.79. The molecule has 14 heteroatoms. The molecular formula is C38H58N6O7Si. The van der Waals surface area contributed by atoms with Gasteiger partial charge in [-0.1, -0.05) is 38.1 Å². The number of methoxy groups -OCH3 is 1. The number of anilines is 1. The lowest BCUT2D eigenvalue weighted by molar-refractivity contribution is 0.0172. The van der Waals surface area contributed by atoms with Gasteiger partial charge in [0.1, 0.15) is 29.5 Å². The highest BCUT2D eigenvalue weighted by Gasteiger charge is 2.40. The lowest BCUT2D eigenvalue weighted by Gasteiger charge is -2.40. The number of ether oxygens (including phenoxy) is 3. The van der Waals surface area contributed by atoms with Gasteiger partial charge in [-0.2, -0.15) is 0 Å². The Balaban J connectivity index is 1.62. The Morgan fingerprint density at radius 3 is 2.33 bits per heavy atom. The Bertz CT molecular complexity index is 1690. The van der Waals surface area contributed by atoms with Crippen LogP contribution in [-0.2, 0) is 13.9 Å². The second-order valence-corrected chi connectivity index (χ2v) is 20.9. The number of nitrogens with zero attached hydrogens (tertiary/aromatic N) is 5. The van der Waals surface area contributed by atoms with E-state index < -0.39 is 26.1 Å². The van der Waals surface area contributed by atoms with E-state index in [4.69, 9.17) is 33.1 Å². The van der Waals surface area contributed by atoms with Crippen LogP contribution in [0.4, 0.5) is 15.4 Å². The monoisotopic (exact) mass is 738 g/mol. The molecule has 2 amide bonds. The topological polar surface area (TPSA) is 141 Å². The molecule has 0 radical (unpaired) electrons. The molecule has 1 aliphatic rings. The van der Waals surface area contributed by atoms with Gasteiger partial charge in [0.15, 0.2) is 14.1 Å². The van der Waals surface area contributed by atoms with Gasteiger partial charge >= 0.3 is 12.2 Å². The van der Waals surface area contributed by atoms with Gasteiger partial charge in [0.2, 0.25) is 0 Å². The molecule has 0 bridgehead atoms. The van der Waals surface area contributed by atoms with E-state index in [1.807, 2.05) is 65.8 Å². The number of hydrogen-bond acceptors (Lipinski definition) is 11. The van der Waals surface area contributed by atoms with Crippen molar-refractivity contribution in [2.75, 3.05) is 45.7 Å². The van der Waals surface area contributed by atoms with Gasteiger partial charge in [-0.3, -0.25) is 0 Å². The summed E-state index contributed by atoms with van der Waals surface area (Å²) in [4.78, 5) is 38.3.